The van der Waals surface area contributed by atoms with Crippen LogP contribution in [-0.2, 0) is 24.3 Å². The highest BCUT2D eigenvalue weighted by molar-refractivity contribution is 6.07. The summed E-state index contributed by atoms with van der Waals surface area (Å²) in [7, 11) is 0. The molecule has 0 bridgehead atoms. The van der Waals surface area contributed by atoms with Crippen LogP contribution >= 0.6 is 0 Å². The summed E-state index contributed by atoms with van der Waals surface area (Å²) < 4.78 is 1.96. The van der Waals surface area contributed by atoms with Crippen molar-refractivity contribution in [3.63, 3.8) is 0 Å². The van der Waals surface area contributed by atoms with E-state index in [1.807, 2.05) is 46.2 Å². The molecule has 0 saturated carbocycles. The average Bonchev–Trinajstić information content (AvgIpc) is 3.89. The smallest absolute Gasteiger partial charge is 0.278 e. The Labute approximate surface area is 303 Å². The second kappa shape index (κ2) is 14.5. The van der Waals surface area contributed by atoms with Gasteiger partial charge in [-0.2, -0.15) is 5.10 Å². The summed E-state index contributed by atoms with van der Waals surface area (Å²) in [6.45, 7) is 8.58. The Morgan fingerprint density at radius 3 is 2.69 bits per heavy atom. The number of fused-ring (bicyclic) bond motifs is 3. The highest BCUT2D eigenvalue weighted by Gasteiger charge is 2.32. The number of anilines is 3. The number of benzene rings is 2. The van der Waals surface area contributed by atoms with Gasteiger partial charge < -0.3 is 26.0 Å². The number of aliphatic hydroxyl groups is 1. The van der Waals surface area contributed by atoms with Gasteiger partial charge in [-0.05, 0) is 90.8 Å². The Balaban J connectivity index is 1.01. The van der Waals surface area contributed by atoms with Crippen LogP contribution < -0.4 is 20.9 Å². The van der Waals surface area contributed by atoms with E-state index in [9.17, 15) is 14.7 Å². The maximum absolute atomic E-state index is 14.0. The van der Waals surface area contributed by atoms with Crippen molar-refractivity contribution in [3.8, 4) is 11.1 Å². The Morgan fingerprint density at radius 1 is 0.981 bits per heavy atom. The first-order valence-electron chi connectivity index (χ1n) is 18.3. The highest BCUT2D eigenvalue weighted by atomic mass is 16.3. The van der Waals surface area contributed by atoms with E-state index >= 15 is 0 Å². The summed E-state index contributed by atoms with van der Waals surface area (Å²) in [6.07, 6.45) is 6.98. The number of hydrogen-bond acceptors (Lipinski definition) is 9. The second-order valence-corrected chi connectivity index (χ2v) is 14.2. The van der Waals surface area contributed by atoms with Gasteiger partial charge in [-0.1, -0.05) is 24.3 Å². The van der Waals surface area contributed by atoms with Crippen molar-refractivity contribution in [3.05, 3.63) is 95.1 Å². The SMILES string of the molecule is CC(=O)NCCNC1CCCn2nc(C(=O)N3CCc4c(-c5cccc(Nc6nccc7cc(CN8CC[C@@H](O)C8)cnc67)c5C)cccc43)cc21. The number of nitrogens with one attached hydrogen (secondary N) is 3. The summed E-state index contributed by atoms with van der Waals surface area (Å²) in [5.74, 6) is 0.569. The van der Waals surface area contributed by atoms with Crippen LogP contribution in [0.2, 0.25) is 0 Å². The third-order valence-corrected chi connectivity index (χ3v) is 10.6. The molecule has 1 fully saturated rings. The van der Waals surface area contributed by atoms with Crippen molar-refractivity contribution in [1.29, 1.82) is 0 Å². The molecule has 2 aromatic carbocycles. The number of aromatic nitrogens is 4. The van der Waals surface area contributed by atoms with Gasteiger partial charge in [-0.15, -0.1) is 0 Å². The number of amides is 2. The summed E-state index contributed by atoms with van der Waals surface area (Å²) in [5, 5.41) is 25.6. The summed E-state index contributed by atoms with van der Waals surface area (Å²) >= 11 is 0. The Kier molecular flexibility index (Phi) is 9.43. The average molecular weight is 700 g/mol. The van der Waals surface area contributed by atoms with Gasteiger partial charge in [-0.3, -0.25) is 24.2 Å². The molecular weight excluding hydrogens is 654 g/mol. The van der Waals surface area contributed by atoms with Crippen molar-refractivity contribution in [2.24, 2.45) is 0 Å². The highest BCUT2D eigenvalue weighted by Crippen LogP contribution is 2.40. The standard InChI is InChI=1S/C40H45N9O3/c1-25-30(6-3-8-33(25)45-39-38-28(11-14-43-39)20-27(22-44-38)23-47-18-12-29(51)24-47)31-7-4-10-36-32(31)13-19-48(36)40(52)35-21-37-34(9-5-17-49(37)46-35)42-16-15-41-26(2)50/h3-4,6-8,10-11,14,20-22,29,34,42,51H,5,9,12-13,15-19,23-24H2,1-2H3,(H,41,50)(H,43,45)/t29-,34?/m1/s1. The van der Waals surface area contributed by atoms with Crippen LogP contribution in [0.4, 0.5) is 17.2 Å². The minimum atomic E-state index is -0.246. The van der Waals surface area contributed by atoms with E-state index in [4.69, 9.17) is 10.1 Å². The molecule has 0 aliphatic carbocycles. The molecule has 5 aromatic rings. The zero-order chi connectivity index (χ0) is 35.8. The molecule has 0 spiro atoms. The molecule has 3 aromatic heterocycles. The van der Waals surface area contributed by atoms with Crippen molar-refractivity contribution in [2.75, 3.05) is 42.9 Å². The zero-order valence-electron chi connectivity index (χ0n) is 29.7. The molecule has 1 unspecified atom stereocenters. The Hall–Kier alpha value is -5.17. The van der Waals surface area contributed by atoms with E-state index < -0.39 is 0 Å². The minimum Gasteiger partial charge on any atom is -0.392 e. The number of hydrogen-bond donors (Lipinski definition) is 4. The van der Waals surface area contributed by atoms with E-state index in [2.05, 4.69) is 63.1 Å². The minimum absolute atomic E-state index is 0.0431. The Morgan fingerprint density at radius 2 is 1.85 bits per heavy atom. The van der Waals surface area contributed by atoms with Crippen LogP contribution in [0, 0.1) is 6.92 Å². The fourth-order valence-electron chi connectivity index (χ4n) is 8.00. The molecule has 8 rings (SSSR count). The van der Waals surface area contributed by atoms with Gasteiger partial charge in [0.15, 0.2) is 11.5 Å². The second-order valence-electron chi connectivity index (χ2n) is 14.2. The number of aryl methyl sites for hydroxylation is 1. The van der Waals surface area contributed by atoms with Gasteiger partial charge >= 0.3 is 0 Å². The lowest BCUT2D eigenvalue weighted by Crippen LogP contribution is -2.34. The molecule has 0 radical (unpaired) electrons. The van der Waals surface area contributed by atoms with Gasteiger partial charge in [0.2, 0.25) is 5.91 Å². The Bertz CT molecular complexity index is 2150. The normalized spacial score (nSPS) is 18.4. The zero-order valence-corrected chi connectivity index (χ0v) is 29.7. The number of aliphatic hydroxyl groups excluding tert-OH is 1. The molecule has 3 aliphatic heterocycles. The van der Waals surface area contributed by atoms with Crippen molar-refractivity contribution < 1.29 is 14.7 Å². The fraction of sp³-hybridized carbons (Fsp3) is 0.375. The third kappa shape index (κ3) is 6.76. The molecule has 268 valence electrons. The van der Waals surface area contributed by atoms with Crippen molar-refractivity contribution in [1.82, 2.24) is 35.3 Å². The van der Waals surface area contributed by atoms with Gasteiger partial charge in [0.1, 0.15) is 5.52 Å². The lowest BCUT2D eigenvalue weighted by molar-refractivity contribution is -0.118. The van der Waals surface area contributed by atoms with E-state index in [-0.39, 0.29) is 24.0 Å². The first kappa shape index (κ1) is 33.9. The van der Waals surface area contributed by atoms with Crippen LogP contribution in [0.15, 0.2) is 67.0 Å². The van der Waals surface area contributed by atoms with Gasteiger partial charge in [0.25, 0.3) is 5.91 Å². The van der Waals surface area contributed by atoms with Gasteiger partial charge in [0.05, 0.1) is 11.8 Å². The summed E-state index contributed by atoms with van der Waals surface area (Å²) in [5.41, 5.74) is 9.73. The first-order valence-corrected chi connectivity index (χ1v) is 18.3. The van der Waals surface area contributed by atoms with Gasteiger partial charge in [-0.25, -0.2) is 4.98 Å². The topological polar surface area (TPSA) is 141 Å². The molecule has 2 amide bonds. The van der Waals surface area contributed by atoms with E-state index in [1.54, 1.807) is 0 Å². The lowest BCUT2D eigenvalue weighted by Gasteiger charge is -2.24. The fourth-order valence-corrected chi connectivity index (χ4v) is 8.00. The number of likely N-dealkylation sites (tertiary alicyclic amines) is 1. The number of rotatable bonds is 10. The van der Waals surface area contributed by atoms with Crippen molar-refractivity contribution >= 4 is 39.9 Å². The maximum atomic E-state index is 14.0. The van der Waals surface area contributed by atoms with Crippen molar-refractivity contribution in [2.45, 2.75) is 64.8 Å². The molecule has 4 N–H and O–H groups in total. The van der Waals surface area contributed by atoms with E-state index in [1.165, 1.54) is 6.92 Å². The molecule has 3 aliphatic rings. The van der Waals surface area contributed by atoms with Crippen LogP contribution in [0.5, 0.6) is 0 Å². The molecule has 52 heavy (non-hydrogen) atoms. The predicted octanol–water partition coefficient (Wildman–Crippen LogP) is 4.88. The molecule has 6 heterocycles. The van der Waals surface area contributed by atoms with Crippen LogP contribution in [0.25, 0.3) is 22.0 Å². The summed E-state index contributed by atoms with van der Waals surface area (Å²) in [6, 6.07) is 18.6. The molecule has 2 atom stereocenters. The quantitative estimate of drug-likeness (QED) is 0.150. The maximum Gasteiger partial charge on any atom is 0.278 e. The molecule has 12 nitrogen and oxygen atoms in total. The van der Waals surface area contributed by atoms with Crippen LogP contribution in [-0.4, -0.2) is 80.4 Å². The molecule has 12 heteroatoms. The number of carbonyl (C=O) groups is 2. The number of β-amino-alcohol motifs (C(OH)–C–C–N with tert-alkyl or cyclic N) is 1. The first-order chi connectivity index (χ1) is 25.3. The summed E-state index contributed by atoms with van der Waals surface area (Å²) in [4.78, 5) is 38.9. The van der Waals surface area contributed by atoms with E-state index in [0.29, 0.717) is 37.7 Å². The predicted molar refractivity (Wildman–Crippen MR) is 202 cm³/mol. The monoisotopic (exact) mass is 699 g/mol. The largest absolute Gasteiger partial charge is 0.392 e. The number of nitrogens with zero attached hydrogens (tertiary/aromatic N) is 6. The lowest BCUT2D eigenvalue weighted by atomic mass is 9.93. The van der Waals surface area contributed by atoms with Gasteiger partial charge in [0, 0.05) is 87.9 Å². The van der Waals surface area contributed by atoms with Crippen LogP contribution in [0.3, 0.4) is 0 Å². The molecular formula is C40H45N9O3. The van der Waals surface area contributed by atoms with E-state index in [0.717, 1.165) is 101 Å². The third-order valence-electron chi connectivity index (χ3n) is 10.6. The molecule has 1 saturated heterocycles. The van der Waals surface area contributed by atoms with Crippen LogP contribution in [0.1, 0.15) is 65.1 Å². The number of pyridine rings is 2. The number of carbonyl (C=O) groups excluding carboxylic acids is 2.